The molecule has 2 heterocycles. The Balaban J connectivity index is 1.88. The summed E-state index contributed by atoms with van der Waals surface area (Å²) in [6.45, 7) is 14.2. The van der Waals surface area contributed by atoms with Crippen LogP contribution < -0.4 is 137 Å². The van der Waals surface area contributed by atoms with Crippen molar-refractivity contribution in [1.82, 2.24) is 100 Å². The second kappa shape index (κ2) is 56.8. The molecule has 0 aliphatic rings. The van der Waals surface area contributed by atoms with Crippen LogP contribution in [-0.4, -0.2) is 251 Å². The summed E-state index contributed by atoms with van der Waals surface area (Å²) in [6.07, 6.45) is 3.16. The highest BCUT2D eigenvalue weighted by Crippen LogP contribution is 2.21. The summed E-state index contributed by atoms with van der Waals surface area (Å²) >= 11 is 0. The first-order valence-electron chi connectivity index (χ1n) is 43.0. The lowest BCUT2D eigenvalue weighted by Gasteiger charge is -2.29. The third-order valence-electron chi connectivity index (χ3n) is 20.5. The molecule has 129 heavy (non-hydrogen) atoms. The first kappa shape index (κ1) is 110. The van der Waals surface area contributed by atoms with Crippen LogP contribution in [0, 0.1) is 34.5 Å². The van der Waals surface area contributed by atoms with E-state index in [2.05, 4.69) is 100 Å². The molecular formula is C81H136N30O18. The van der Waals surface area contributed by atoms with Crippen LogP contribution in [0.15, 0.2) is 43.0 Å². The van der Waals surface area contributed by atoms with Crippen molar-refractivity contribution in [3.63, 3.8) is 0 Å². The monoisotopic (exact) mass is 1820 g/mol. The highest BCUT2D eigenvalue weighted by molar-refractivity contribution is 6.02. The predicted octanol–water partition coefficient (Wildman–Crippen LogP) is -7.87. The Kier molecular flexibility index (Phi) is 48.5. The fourth-order valence-corrected chi connectivity index (χ4v) is 13.3. The maximum absolute atomic E-state index is 14.8. The number of amides is 18. The van der Waals surface area contributed by atoms with E-state index >= 15 is 0 Å². The van der Waals surface area contributed by atoms with Crippen molar-refractivity contribution in [2.75, 3.05) is 32.7 Å². The SMILES string of the molecule is CC[C@H](C)[C@H](NC(=O)[C@H](CCCCN)NC(=O)[C@H](CC(N)=O)NC(=O)[C@H](CCCNC(=N)N)NC(=O)[C@H](CC(C)C)NC(=O)[C@H](Cc1c[nH]cn1)NC(=O)[C@H](Cc1c[nH]c2ccccc12)NC(=O)[C@@H](N)CCCCN)C(=O)NCC(=O)N[C@@H](C)C(=O)N[C@H](C(=O)N[C@@H](CCCNC(=N)N)C(=O)N[C@@H](CC(N)=O)C(=O)N[C@@H](CC(N)=O)C(=O)N[C@@H](CC(C)C)C(N)=O)C(C)C. The van der Waals surface area contributed by atoms with E-state index in [1.54, 1.807) is 53.8 Å². The number of aromatic amines is 2. The summed E-state index contributed by atoms with van der Waals surface area (Å²) in [4.78, 5) is 259. The summed E-state index contributed by atoms with van der Waals surface area (Å²) in [5.41, 5.74) is 52.5. The maximum Gasteiger partial charge on any atom is 0.243 e. The van der Waals surface area contributed by atoms with Crippen LogP contribution in [-0.2, 0) is 99.1 Å². The smallest absolute Gasteiger partial charge is 0.243 e. The number of nitrogens with one attached hydrogen (secondary N) is 20. The molecule has 48 nitrogen and oxygen atoms in total. The Morgan fingerprint density at radius 2 is 0.814 bits per heavy atom. The standard InChI is InChI=1S/C81H136N30O18/c1-10-43(8)65(78(128)97-38-63(115)99-44(9)67(117)110-64(42(6)7)79(129)102-52(24-18-28-95-81(91)92)70(120)108-59(35-62(87)114)77(127)109-58(34-61(86)113)76(126)103-53(66(88)116)29-40(2)3)111-71(121)50(22-14-16-26-83)100-75(125)57(33-60(85)112)107-69(119)51(23-17-27-94-80(89)90)101-72(122)54(30-41(4)5)105-74(124)56(32-46-37-93-39-98-46)106-73(123)55(104-68(118)48(84)20-13-15-25-82)31-45-36-96-49-21-12-11-19-47(45)49/h11-12,19,21,36-37,39-44,48,50-59,64-65,96H,10,13-18,20,22-35,38,82-84H2,1-9H3,(H2,85,112)(H2,86,113)(H2,87,114)(H2,88,116)(H,93,98)(H,97,128)(H,99,115)(H,100,125)(H,101,122)(H,102,129)(H,103,126)(H,104,118)(H,105,124)(H,106,123)(H,107,119)(H,108,120)(H,109,127)(H,110,117)(H,111,121)(H4,89,90,94)(H4,91,92,95)/t43-,44-,48-,50-,51-,52-,53-,54-,55-,56-,57-,58-,59-,64-,65-/m0/s1. The topological polar surface area (TPSA) is 826 Å². The second-order valence-corrected chi connectivity index (χ2v) is 32.9. The molecule has 15 atom stereocenters. The average molecular weight is 1820 g/mol. The van der Waals surface area contributed by atoms with Crippen LogP contribution >= 0.6 is 0 Å². The van der Waals surface area contributed by atoms with Gasteiger partial charge in [0, 0.05) is 49.2 Å². The molecule has 48 heteroatoms. The number of benzene rings is 1. The molecule has 2 aromatic heterocycles. The van der Waals surface area contributed by atoms with Crippen molar-refractivity contribution < 1.29 is 86.3 Å². The van der Waals surface area contributed by atoms with Gasteiger partial charge in [-0.05, 0) is 126 Å². The molecule has 3 aromatic rings. The third kappa shape index (κ3) is 41.0. The van der Waals surface area contributed by atoms with Gasteiger partial charge in [-0.2, -0.15) is 0 Å². The number of imidazole rings is 1. The van der Waals surface area contributed by atoms with Crippen LogP contribution in [0.2, 0.25) is 0 Å². The zero-order valence-electron chi connectivity index (χ0n) is 74.7. The molecule has 38 N–H and O–H groups in total. The van der Waals surface area contributed by atoms with Crippen LogP contribution in [0.1, 0.15) is 176 Å². The van der Waals surface area contributed by atoms with E-state index in [4.69, 9.17) is 62.4 Å². The minimum absolute atomic E-state index is 0.0112. The van der Waals surface area contributed by atoms with Gasteiger partial charge in [0.15, 0.2) is 11.9 Å². The van der Waals surface area contributed by atoms with Gasteiger partial charge in [-0.15, -0.1) is 0 Å². The molecule has 0 aliphatic carbocycles. The Morgan fingerprint density at radius 1 is 0.411 bits per heavy atom. The summed E-state index contributed by atoms with van der Waals surface area (Å²) in [7, 11) is 0. The Morgan fingerprint density at radius 3 is 1.27 bits per heavy atom. The first-order valence-corrected chi connectivity index (χ1v) is 43.0. The van der Waals surface area contributed by atoms with Gasteiger partial charge in [-0.3, -0.25) is 97.1 Å². The number of rotatable bonds is 62. The van der Waals surface area contributed by atoms with Gasteiger partial charge in [-0.25, -0.2) is 4.98 Å². The fourth-order valence-electron chi connectivity index (χ4n) is 13.3. The van der Waals surface area contributed by atoms with E-state index in [0.717, 1.165) is 10.9 Å². The fraction of sp³-hybridized carbons (Fsp3) is 0.617. The number of para-hydroxylation sites is 1. The van der Waals surface area contributed by atoms with E-state index in [1.165, 1.54) is 33.3 Å². The summed E-state index contributed by atoms with van der Waals surface area (Å²) in [5.74, 6) is -20.7. The van der Waals surface area contributed by atoms with Crippen molar-refractivity contribution in [3.05, 3.63) is 54.2 Å². The Hall–Kier alpha value is -13.1. The maximum atomic E-state index is 14.8. The van der Waals surface area contributed by atoms with Gasteiger partial charge in [0.1, 0.15) is 78.5 Å². The van der Waals surface area contributed by atoms with Crippen LogP contribution in [0.3, 0.4) is 0 Å². The average Bonchev–Trinajstić information content (AvgIpc) is 1.69. The minimum atomic E-state index is -1.88. The quantitative estimate of drug-likeness (QED) is 0.0142. The molecule has 0 aliphatic heterocycles. The van der Waals surface area contributed by atoms with Gasteiger partial charge >= 0.3 is 0 Å². The lowest BCUT2D eigenvalue weighted by Crippen LogP contribution is -2.61. The lowest BCUT2D eigenvalue weighted by atomic mass is 9.97. The number of aromatic nitrogens is 3. The molecule has 3 rings (SSSR count). The molecule has 0 saturated carbocycles. The molecule has 0 unspecified atom stereocenters. The van der Waals surface area contributed by atoms with E-state index in [1.807, 2.05) is 18.2 Å². The van der Waals surface area contributed by atoms with Crippen LogP contribution in [0.5, 0.6) is 0 Å². The molecule has 0 fully saturated rings. The van der Waals surface area contributed by atoms with E-state index < -0.39 is 240 Å². The van der Waals surface area contributed by atoms with Gasteiger partial charge in [0.05, 0.1) is 43.9 Å². The van der Waals surface area contributed by atoms with Crippen molar-refractivity contribution in [1.29, 1.82) is 10.8 Å². The lowest BCUT2D eigenvalue weighted by molar-refractivity contribution is -0.137. The molecule has 0 radical (unpaired) electrons. The molecule has 0 bridgehead atoms. The number of H-pyrrole nitrogens is 2. The van der Waals surface area contributed by atoms with E-state index in [9.17, 15) is 86.3 Å². The number of carbonyl (C=O) groups excluding carboxylic acids is 18. The summed E-state index contributed by atoms with van der Waals surface area (Å²) < 4.78 is 0. The van der Waals surface area contributed by atoms with Crippen molar-refractivity contribution in [2.45, 2.75) is 262 Å². The number of primary amides is 4. The molecule has 718 valence electrons. The zero-order valence-corrected chi connectivity index (χ0v) is 74.7. The Labute approximate surface area is 747 Å². The van der Waals surface area contributed by atoms with Crippen LogP contribution in [0.25, 0.3) is 10.9 Å². The van der Waals surface area contributed by atoms with Crippen molar-refractivity contribution in [3.8, 4) is 0 Å². The first-order chi connectivity index (χ1) is 60.8. The second-order valence-electron chi connectivity index (χ2n) is 32.9. The Bertz CT molecular complexity index is 4300. The van der Waals surface area contributed by atoms with Crippen molar-refractivity contribution in [2.24, 2.45) is 75.3 Å². The van der Waals surface area contributed by atoms with Crippen molar-refractivity contribution >= 4 is 129 Å². The molecular weight excluding hydrogens is 1680 g/mol. The number of carbonyl (C=O) groups is 18. The van der Waals surface area contributed by atoms with Gasteiger partial charge in [-0.1, -0.05) is 86.4 Å². The highest BCUT2D eigenvalue weighted by atomic mass is 16.2. The zero-order chi connectivity index (χ0) is 96.9. The van der Waals surface area contributed by atoms with Gasteiger partial charge in [0.25, 0.3) is 0 Å². The highest BCUT2D eigenvalue weighted by Gasteiger charge is 2.40. The number of fused-ring (bicyclic) bond motifs is 1. The number of nitrogens with zero attached hydrogens (tertiary/aromatic N) is 1. The number of hydrogen-bond acceptors (Lipinski definition) is 24. The van der Waals surface area contributed by atoms with Crippen LogP contribution in [0.4, 0.5) is 0 Å². The molecule has 0 saturated heterocycles. The van der Waals surface area contributed by atoms with Gasteiger partial charge in [0.2, 0.25) is 106 Å². The minimum Gasteiger partial charge on any atom is -0.370 e. The summed E-state index contributed by atoms with van der Waals surface area (Å²) in [5, 5.41) is 56.4. The largest absolute Gasteiger partial charge is 0.370 e. The molecule has 1 aromatic carbocycles. The molecule has 18 amide bonds. The number of unbranched alkanes of at least 4 members (excludes halogenated alkanes) is 2. The van der Waals surface area contributed by atoms with Gasteiger partial charge < -0.3 is 147 Å². The van der Waals surface area contributed by atoms with E-state index in [0.29, 0.717) is 37.1 Å². The predicted molar refractivity (Wildman–Crippen MR) is 474 cm³/mol. The third-order valence-corrected chi connectivity index (χ3v) is 20.5. The van der Waals surface area contributed by atoms with E-state index in [-0.39, 0.29) is 109 Å². The number of nitrogens with two attached hydrogens (primary N) is 9. The molecule has 0 spiro atoms. The normalized spacial score (nSPS) is 14.7. The number of hydrogen-bond donors (Lipinski definition) is 29. The summed E-state index contributed by atoms with van der Waals surface area (Å²) in [6, 6.07) is -13.8. The number of guanidine groups is 2.